The first-order valence-electron chi connectivity index (χ1n) is 14.4. The summed E-state index contributed by atoms with van der Waals surface area (Å²) < 4.78 is 43.9. The fraction of sp³-hybridized carbons (Fsp3) is 0.375. The summed E-state index contributed by atoms with van der Waals surface area (Å²) in [4.78, 5) is 15.6. The van der Waals surface area contributed by atoms with Crippen molar-refractivity contribution in [2.75, 3.05) is 23.9 Å². The van der Waals surface area contributed by atoms with Crippen LogP contribution in [0.25, 0.3) is 0 Å². The van der Waals surface area contributed by atoms with Gasteiger partial charge >= 0.3 is 0 Å². The number of amides is 1. The van der Waals surface area contributed by atoms with Crippen LogP contribution in [0.2, 0.25) is 0 Å². The predicted octanol–water partition coefficient (Wildman–Crippen LogP) is 4.32. The van der Waals surface area contributed by atoms with E-state index in [1.54, 1.807) is 16.4 Å². The molecular weight excluding hydrogens is 553 g/mol. The van der Waals surface area contributed by atoms with Crippen LogP contribution in [-0.2, 0) is 22.0 Å². The third-order valence-corrected chi connectivity index (χ3v) is 10.9. The van der Waals surface area contributed by atoms with E-state index in [-0.39, 0.29) is 28.6 Å². The molecule has 1 saturated carbocycles. The summed E-state index contributed by atoms with van der Waals surface area (Å²) in [5.41, 5.74) is 9.28. The summed E-state index contributed by atoms with van der Waals surface area (Å²) in [7, 11) is -4.02. The molecule has 1 spiro atoms. The SMILES string of the molecule is Cc1ccccc1CNC(=O)c1ccc2c(c1)C1(CCN(CC(=N)N)CC1)C(C1CC1)N2S(=O)(=O)c1ccc(F)cc1. The Balaban J connectivity index is 1.40. The lowest BCUT2D eigenvalue weighted by Gasteiger charge is -2.45. The highest BCUT2D eigenvalue weighted by Crippen LogP contribution is 2.59. The standard InChI is InChI=1S/C32H36FN5O3S/c1-21-4-2-3-5-24(21)19-36-31(39)23-8-13-28-27(18-23)32(14-16-37(17-15-32)20-29(34)35)30(22-6-7-22)38(28)42(40,41)26-11-9-25(33)10-12-26/h2-5,8-13,18,22,30H,6-7,14-17,19-20H2,1H3,(H3,34,35)(H,36,39). The Hall–Kier alpha value is -3.76. The highest BCUT2D eigenvalue weighted by molar-refractivity contribution is 7.92. The number of aryl methyl sites for hydroxylation is 1. The molecule has 42 heavy (non-hydrogen) atoms. The molecule has 0 bridgehead atoms. The molecule has 1 atom stereocenters. The molecule has 1 unspecified atom stereocenters. The van der Waals surface area contributed by atoms with Gasteiger partial charge in [-0.25, -0.2) is 12.8 Å². The van der Waals surface area contributed by atoms with Crippen LogP contribution in [0, 0.1) is 24.1 Å². The molecule has 0 aromatic heterocycles. The lowest BCUT2D eigenvalue weighted by molar-refractivity contribution is 0.0950. The number of hydrogen-bond acceptors (Lipinski definition) is 5. The zero-order chi connectivity index (χ0) is 29.6. The van der Waals surface area contributed by atoms with Gasteiger partial charge in [0.15, 0.2) is 0 Å². The zero-order valence-electron chi connectivity index (χ0n) is 23.6. The third-order valence-electron chi connectivity index (χ3n) is 9.13. The maximum Gasteiger partial charge on any atom is 0.264 e. The van der Waals surface area contributed by atoms with Crippen molar-refractivity contribution in [1.29, 1.82) is 5.41 Å². The van der Waals surface area contributed by atoms with Crippen LogP contribution >= 0.6 is 0 Å². The fourth-order valence-corrected chi connectivity index (χ4v) is 8.66. The van der Waals surface area contributed by atoms with E-state index in [1.807, 2.05) is 37.3 Å². The van der Waals surface area contributed by atoms with Crippen molar-refractivity contribution in [3.05, 3.63) is 94.8 Å². The van der Waals surface area contributed by atoms with Gasteiger partial charge in [0.2, 0.25) is 0 Å². The Morgan fingerprint density at radius 2 is 1.76 bits per heavy atom. The Labute approximate surface area is 246 Å². The Kier molecular flexibility index (Phi) is 7.31. The first-order valence-corrected chi connectivity index (χ1v) is 15.9. The molecule has 3 aliphatic rings. The van der Waals surface area contributed by atoms with E-state index in [4.69, 9.17) is 11.1 Å². The van der Waals surface area contributed by atoms with E-state index < -0.39 is 21.3 Å². The van der Waals surface area contributed by atoms with E-state index in [2.05, 4.69) is 10.2 Å². The second kappa shape index (κ2) is 10.8. The zero-order valence-corrected chi connectivity index (χ0v) is 24.5. The predicted molar refractivity (Wildman–Crippen MR) is 161 cm³/mol. The van der Waals surface area contributed by atoms with Crippen LogP contribution in [0.15, 0.2) is 71.6 Å². The summed E-state index contributed by atoms with van der Waals surface area (Å²) in [6.45, 7) is 4.10. The van der Waals surface area contributed by atoms with Crippen LogP contribution in [0.1, 0.15) is 52.7 Å². The number of nitrogens with one attached hydrogen (secondary N) is 2. The van der Waals surface area contributed by atoms with Gasteiger partial charge in [-0.05, 0) is 111 Å². The normalized spacial score (nSPS) is 20.0. The van der Waals surface area contributed by atoms with E-state index >= 15 is 0 Å². The summed E-state index contributed by atoms with van der Waals surface area (Å²) in [5.74, 6) is -0.423. The maximum absolute atomic E-state index is 14.3. The number of likely N-dealkylation sites (tertiary alicyclic amines) is 1. The third kappa shape index (κ3) is 5.07. The Bertz CT molecular complexity index is 1630. The number of fused-ring (bicyclic) bond motifs is 2. The number of nitrogens with zero attached hydrogens (tertiary/aromatic N) is 2. The number of halogens is 1. The summed E-state index contributed by atoms with van der Waals surface area (Å²) in [5, 5.41) is 10.8. The largest absolute Gasteiger partial charge is 0.387 e. The van der Waals surface area contributed by atoms with Crippen LogP contribution in [0.3, 0.4) is 0 Å². The maximum atomic E-state index is 14.3. The number of amidine groups is 1. The first kappa shape index (κ1) is 28.4. The van der Waals surface area contributed by atoms with Gasteiger partial charge in [-0.1, -0.05) is 24.3 Å². The lowest BCUT2D eigenvalue weighted by atomic mass is 9.68. The molecular formula is C32H36FN5O3S. The van der Waals surface area contributed by atoms with Gasteiger partial charge in [0, 0.05) is 17.5 Å². The summed E-state index contributed by atoms with van der Waals surface area (Å²) in [6.07, 6.45) is 3.21. The van der Waals surface area contributed by atoms with E-state index in [9.17, 15) is 17.6 Å². The number of nitrogens with two attached hydrogens (primary N) is 1. The number of piperidine rings is 1. The number of benzene rings is 3. The highest BCUT2D eigenvalue weighted by atomic mass is 32.2. The molecule has 3 aromatic carbocycles. The van der Waals surface area contributed by atoms with Crippen molar-refractivity contribution >= 4 is 27.5 Å². The topological polar surface area (TPSA) is 120 Å². The molecule has 2 aliphatic heterocycles. The first-order chi connectivity index (χ1) is 20.1. The van der Waals surface area contributed by atoms with Gasteiger partial charge in [0.1, 0.15) is 11.7 Å². The molecule has 6 rings (SSSR count). The summed E-state index contributed by atoms with van der Waals surface area (Å²) >= 11 is 0. The number of rotatable bonds is 8. The van der Waals surface area contributed by atoms with Gasteiger partial charge in [-0.3, -0.25) is 19.4 Å². The minimum absolute atomic E-state index is 0.0478. The molecule has 0 radical (unpaired) electrons. The molecule has 2 fully saturated rings. The molecule has 1 amide bonds. The summed E-state index contributed by atoms with van der Waals surface area (Å²) in [6, 6.07) is 17.9. The minimum atomic E-state index is -4.02. The van der Waals surface area contributed by atoms with Crippen molar-refractivity contribution in [1.82, 2.24) is 10.2 Å². The Morgan fingerprint density at radius 3 is 2.40 bits per heavy atom. The highest BCUT2D eigenvalue weighted by Gasteiger charge is 2.60. The molecule has 220 valence electrons. The average Bonchev–Trinajstić information content (AvgIpc) is 3.77. The molecule has 4 N–H and O–H groups in total. The molecule has 10 heteroatoms. The van der Waals surface area contributed by atoms with Crippen LogP contribution in [0.5, 0.6) is 0 Å². The molecule has 1 aliphatic carbocycles. The second-order valence-corrected chi connectivity index (χ2v) is 13.7. The number of carbonyl (C=O) groups excluding carboxylic acids is 1. The Morgan fingerprint density at radius 1 is 1.07 bits per heavy atom. The number of sulfonamides is 1. The number of hydrogen-bond donors (Lipinski definition) is 3. The molecule has 2 heterocycles. The van der Waals surface area contributed by atoms with E-state index in [1.165, 1.54) is 24.3 Å². The fourth-order valence-electron chi connectivity index (χ4n) is 6.86. The van der Waals surface area contributed by atoms with Crippen LogP contribution in [0.4, 0.5) is 10.1 Å². The van der Waals surface area contributed by atoms with Crippen molar-refractivity contribution in [3.8, 4) is 0 Å². The van der Waals surface area contributed by atoms with Crippen molar-refractivity contribution in [2.24, 2.45) is 11.7 Å². The van der Waals surface area contributed by atoms with E-state index in [0.717, 1.165) is 29.5 Å². The average molecular weight is 590 g/mol. The van der Waals surface area contributed by atoms with Gasteiger partial charge in [0.05, 0.1) is 23.2 Å². The van der Waals surface area contributed by atoms with Crippen molar-refractivity contribution in [2.45, 2.75) is 55.5 Å². The quantitative estimate of drug-likeness (QED) is 0.267. The van der Waals surface area contributed by atoms with Crippen molar-refractivity contribution < 1.29 is 17.6 Å². The molecule has 3 aromatic rings. The smallest absolute Gasteiger partial charge is 0.264 e. The molecule has 8 nitrogen and oxygen atoms in total. The van der Waals surface area contributed by atoms with Gasteiger partial charge in [-0.15, -0.1) is 0 Å². The minimum Gasteiger partial charge on any atom is -0.387 e. The van der Waals surface area contributed by atoms with Gasteiger partial charge < -0.3 is 11.1 Å². The second-order valence-electron chi connectivity index (χ2n) is 11.8. The van der Waals surface area contributed by atoms with Gasteiger partial charge in [0.25, 0.3) is 15.9 Å². The molecule has 1 saturated heterocycles. The van der Waals surface area contributed by atoms with Crippen LogP contribution < -0.4 is 15.4 Å². The number of carbonyl (C=O) groups is 1. The van der Waals surface area contributed by atoms with Crippen LogP contribution in [-0.4, -0.2) is 50.7 Å². The van der Waals surface area contributed by atoms with Crippen molar-refractivity contribution in [3.63, 3.8) is 0 Å². The lowest BCUT2D eigenvalue weighted by Crippen LogP contribution is -2.54. The monoisotopic (exact) mass is 589 g/mol. The van der Waals surface area contributed by atoms with Gasteiger partial charge in [-0.2, -0.15) is 0 Å². The number of anilines is 1. The van der Waals surface area contributed by atoms with E-state index in [0.29, 0.717) is 50.3 Å².